The fourth-order valence-corrected chi connectivity index (χ4v) is 5.21. The molecule has 2 heterocycles. The van der Waals surface area contributed by atoms with Gasteiger partial charge in [-0.25, -0.2) is 13.4 Å². The van der Waals surface area contributed by atoms with E-state index >= 15 is 0 Å². The Morgan fingerprint density at radius 2 is 1.70 bits per heavy atom. The first-order valence-corrected chi connectivity index (χ1v) is 10.9. The van der Waals surface area contributed by atoms with Crippen LogP contribution in [0, 0.1) is 0 Å². The van der Waals surface area contributed by atoms with Crippen molar-refractivity contribution in [3.8, 4) is 0 Å². The molecular formula is C20H21ClN3O2S+. The number of hydrogen-bond acceptors (Lipinski definition) is 3. The number of nitrogens with zero attached hydrogens (tertiary/aromatic N) is 2. The molecule has 140 valence electrons. The Morgan fingerprint density at radius 1 is 0.963 bits per heavy atom. The molecule has 1 aliphatic heterocycles. The molecule has 1 N–H and O–H groups in total. The monoisotopic (exact) mass is 402 g/mol. The van der Waals surface area contributed by atoms with Crippen LogP contribution in [0.4, 0.5) is 5.69 Å². The number of piperazine rings is 1. The largest absolute Gasteiger partial charge is 0.368 e. The molecule has 0 aliphatic carbocycles. The molecule has 1 fully saturated rings. The van der Waals surface area contributed by atoms with E-state index < -0.39 is 10.0 Å². The minimum atomic E-state index is -3.31. The predicted octanol–water partition coefficient (Wildman–Crippen LogP) is 2.96. The highest BCUT2D eigenvalue weighted by Gasteiger charge is 2.28. The van der Waals surface area contributed by atoms with Gasteiger partial charge in [0.25, 0.3) is 0 Å². The predicted molar refractivity (Wildman–Crippen MR) is 108 cm³/mol. The summed E-state index contributed by atoms with van der Waals surface area (Å²) in [5.74, 6) is 0.0512. The highest BCUT2D eigenvalue weighted by Crippen LogP contribution is 2.27. The molecule has 0 atom stereocenters. The first kappa shape index (κ1) is 18.2. The number of fused-ring (bicyclic) bond motifs is 1. The lowest BCUT2D eigenvalue weighted by Crippen LogP contribution is -2.49. The van der Waals surface area contributed by atoms with Crippen molar-refractivity contribution in [3.63, 3.8) is 0 Å². The van der Waals surface area contributed by atoms with Crippen LogP contribution in [0.1, 0.15) is 5.56 Å². The highest BCUT2D eigenvalue weighted by atomic mass is 35.5. The summed E-state index contributed by atoms with van der Waals surface area (Å²) < 4.78 is 27.1. The summed E-state index contributed by atoms with van der Waals surface area (Å²) in [4.78, 5) is 5.45. The molecular weight excluding hydrogens is 382 g/mol. The standard InChI is InChI=1S/C20H20ClN3O2S/c21-17-6-7-18-19(14-17)22-9-8-20(18)23-10-12-24(13-11-23)27(25,26)15-16-4-2-1-3-5-16/h1-9,14H,10-13,15H2/p+1. The normalized spacial score (nSPS) is 16.0. The maximum absolute atomic E-state index is 12.7. The van der Waals surface area contributed by atoms with Crippen molar-refractivity contribution in [3.05, 3.63) is 71.4 Å². The maximum atomic E-state index is 12.7. The fourth-order valence-electron chi connectivity index (χ4n) is 3.52. The molecule has 7 heteroatoms. The van der Waals surface area contributed by atoms with Crippen LogP contribution in [0.25, 0.3) is 10.9 Å². The number of benzene rings is 2. The van der Waals surface area contributed by atoms with Crippen LogP contribution in [0.15, 0.2) is 60.8 Å². The summed E-state index contributed by atoms with van der Waals surface area (Å²) in [5.41, 5.74) is 2.89. The SMILES string of the molecule is O=S(=O)(Cc1ccccc1)N1CCN(c2cc[nH+]c3cc(Cl)ccc23)CC1. The molecule has 2 aromatic carbocycles. The average molecular weight is 403 g/mol. The van der Waals surface area contributed by atoms with Gasteiger partial charge >= 0.3 is 0 Å². The van der Waals surface area contributed by atoms with E-state index in [0.717, 1.165) is 22.2 Å². The van der Waals surface area contributed by atoms with Gasteiger partial charge in [-0.05, 0) is 17.7 Å². The Hall–Kier alpha value is -2.15. The number of rotatable bonds is 4. The molecule has 0 spiro atoms. The molecule has 5 nitrogen and oxygen atoms in total. The van der Waals surface area contributed by atoms with Crippen LogP contribution >= 0.6 is 11.6 Å². The number of pyridine rings is 1. The topological polar surface area (TPSA) is 54.8 Å². The second-order valence-electron chi connectivity index (χ2n) is 6.68. The summed E-state index contributed by atoms with van der Waals surface area (Å²) in [6.07, 6.45) is 1.90. The quantitative estimate of drug-likeness (QED) is 0.674. The smallest absolute Gasteiger partial charge is 0.218 e. The van der Waals surface area contributed by atoms with Crippen LogP contribution in [-0.2, 0) is 15.8 Å². The second kappa shape index (κ2) is 7.46. The molecule has 1 aliphatic rings. The number of hydrogen-bond donors (Lipinski definition) is 0. The molecule has 27 heavy (non-hydrogen) atoms. The zero-order valence-corrected chi connectivity index (χ0v) is 16.4. The summed E-state index contributed by atoms with van der Waals surface area (Å²) in [7, 11) is -3.31. The van der Waals surface area contributed by atoms with E-state index in [-0.39, 0.29) is 5.75 Å². The molecule has 3 aromatic rings. The Bertz CT molecular complexity index is 1050. The number of sulfonamides is 1. The van der Waals surface area contributed by atoms with Gasteiger partial charge in [0.2, 0.25) is 15.5 Å². The van der Waals surface area contributed by atoms with Crippen LogP contribution < -0.4 is 9.88 Å². The van der Waals surface area contributed by atoms with Crippen molar-refractivity contribution in [1.82, 2.24) is 4.31 Å². The van der Waals surface area contributed by atoms with Gasteiger partial charge in [-0.3, -0.25) is 0 Å². The third-order valence-corrected chi connectivity index (χ3v) is 6.99. The lowest BCUT2D eigenvalue weighted by molar-refractivity contribution is -0.344. The lowest BCUT2D eigenvalue weighted by atomic mass is 10.1. The summed E-state index contributed by atoms with van der Waals surface area (Å²) in [6.45, 7) is 2.30. The Balaban J connectivity index is 1.49. The molecule has 0 saturated carbocycles. The molecule has 4 rings (SSSR count). The lowest BCUT2D eigenvalue weighted by Gasteiger charge is -2.35. The maximum Gasteiger partial charge on any atom is 0.218 e. The summed E-state index contributed by atoms with van der Waals surface area (Å²) >= 11 is 6.09. The highest BCUT2D eigenvalue weighted by molar-refractivity contribution is 7.88. The van der Waals surface area contributed by atoms with Gasteiger partial charge in [0.05, 0.1) is 16.8 Å². The second-order valence-corrected chi connectivity index (χ2v) is 9.09. The third-order valence-electron chi connectivity index (χ3n) is 4.90. The molecule has 0 unspecified atom stereocenters. The van der Waals surface area contributed by atoms with Crippen molar-refractivity contribution in [2.24, 2.45) is 0 Å². The number of aromatic amines is 1. The number of aromatic nitrogens is 1. The number of nitrogens with one attached hydrogen (secondary N) is 1. The van der Waals surface area contributed by atoms with Crippen LogP contribution in [-0.4, -0.2) is 38.9 Å². The van der Waals surface area contributed by atoms with Crippen LogP contribution in [0.5, 0.6) is 0 Å². The minimum Gasteiger partial charge on any atom is -0.368 e. The molecule has 0 radical (unpaired) electrons. The molecule has 0 bridgehead atoms. The molecule has 1 saturated heterocycles. The Morgan fingerprint density at radius 3 is 2.44 bits per heavy atom. The molecule has 1 aromatic heterocycles. The minimum absolute atomic E-state index is 0.0512. The van der Waals surface area contributed by atoms with E-state index in [1.165, 1.54) is 0 Å². The van der Waals surface area contributed by atoms with E-state index in [2.05, 4.69) is 9.88 Å². The van der Waals surface area contributed by atoms with Gasteiger partial charge < -0.3 is 4.90 Å². The van der Waals surface area contributed by atoms with Crippen LogP contribution in [0.2, 0.25) is 5.02 Å². The fraction of sp³-hybridized carbons (Fsp3) is 0.250. The van der Waals surface area contributed by atoms with E-state index in [9.17, 15) is 8.42 Å². The number of H-pyrrole nitrogens is 1. The van der Waals surface area contributed by atoms with Crippen LogP contribution in [0.3, 0.4) is 0 Å². The van der Waals surface area contributed by atoms with Crippen molar-refractivity contribution in [1.29, 1.82) is 0 Å². The van der Waals surface area contributed by atoms with E-state index in [0.29, 0.717) is 31.2 Å². The van der Waals surface area contributed by atoms with Gasteiger partial charge in [0.15, 0.2) is 6.20 Å². The van der Waals surface area contributed by atoms with Gasteiger partial charge in [0, 0.05) is 43.3 Å². The van der Waals surface area contributed by atoms with Gasteiger partial charge in [-0.2, -0.15) is 4.31 Å². The first-order chi connectivity index (χ1) is 13.0. The van der Waals surface area contributed by atoms with Crippen molar-refractivity contribution in [2.45, 2.75) is 5.75 Å². The van der Waals surface area contributed by atoms with Crippen molar-refractivity contribution >= 4 is 38.2 Å². The van der Waals surface area contributed by atoms with E-state index in [1.54, 1.807) is 4.31 Å². The summed E-state index contributed by atoms with van der Waals surface area (Å²) in [6, 6.07) is 17.1. The summed E-state index contributed by atoms with van der Waals surface area (Å²) in [5, 5.41) is 1.77. The van der Waals surface area contributed by atoms with Crippen molar-refractivity contribution < 1.29 is 13.4 Å². The Labute approximate surface area is 164 Å². The van der Waals surface area contributed by atoms with Crippen molar-refractivity contribution in [2.75, 3.05) is 31.1 Å². The number of anilines is 1. The zero-order chi connectivity index (χ0) is 18.9. The molecule has 0 amide bonds. The average Bonchev–Trinajstić information content (AvgIpc) is 2.68. The Kier molecular flexibility index (Phi) is 5.04. The van der Waals surface area contributed by atoms with E-state index in [4.69, 9.17) is 11.6 Å². The number of halogens is 1. The van der Waals surface area contributed by atoms with Gasteiger partial charge in [-0.15, -0.1) is 0 Å². The zero-order valence-electron chi connectivity index (χ0n) is 14.8. The first-order valence-electron chi connectivity index (χ1n) is 8.90. The van der Waals surface area contributed by atoms with Gasteiger partial charge in [-0.1, -0.05) is 41.9 Å². The third kappa shape index (κ3) is 3.93. The van der Waals surface area contributed by atoms with Gasteiger partial charge in [0.1, 0.15) is 0 Å². The van der Waals surface area contributed by atoms with E-state index in [1.807, 2.05) is 60.8 Å².